The zero-order valence-electron chi connectivity index (χ0n) is 11.2. The van der Waals surface area contributed by atoms with Crippen LogP contribution in [0.5, 0.6) is 0 Å². The van der Waals surface area contributed by atoms with Crippen LogP contribution in [0, 0.1) is 9.93 Å². The fourth-order valence-electron chi connectivity index (χ4n) is 1.89. The third kappa shape index (κ3) is 3.53. The summed E-state index contributed by atoms with van der Waals surface area (Å²) in [5, 5.41) is 0. The number of rotatable bonds is 5. The zero-order valence-corrected chi connectivity index (χ0v) is 12.0. The number of nitrogens with zero attached hydrogens (tertiary/aromatic N) is 1. The molecular formula is C13H22N2OS. The summed E-state index contributed by atoms with van der Waals surface area (Å²) in [6, 6.07) is 0. The van der Waals surface area contributed by atoms with E-state index in [1.807, 2.05) is 11.9 Å². The molecule has 0 unspecified atom stereocenters. The lowest BCUT2D eigenvalue weighted by atomic mass is 9.90. The van der Waals surface area contributed by atoms with E-state index in [4.69, 9.17) is 18.0 Å². The van der Waals surface area contributed by atoms with Crippen molar-refractivity contribution >= 4 is 23.6 Å². The molecule has 0 fully saturated rings. The standard InChI is InChI=1S/C13H22N2OS/c1-13(2,3)7-5-6-8-15(4)10-9(14)12(17)11(10)16/h5-8,14H2,1-4H3. The van der Waals surface area contributed by atoms with Crippen LogP contribution in [-0.4, -0.2) is 13.6 Å². The largest absolute Gasteiger partial charge is 0.396 e. The minimum absolute atomic E-state index is 0.0733. The molecule has 0 aromatic heterocycles. The van der Waals surface area contributed by atoms with E-state index in [-0.39, 0.29) is 5.43 Å². The SMILES string of the molecule is CN(CCCCC(C)(C)C)c1c(N)c(=S)c1=O. The van der Waals surface area contributed by atoms with E-state index in [2.05, 4.69) is 20.8 Å². The highest BCUT2D eigenvalue weighted by Crippen LogP contribution is 2.24. The Balaban J connectivity index is 2.40. The van der Waals surface area contributed by atoms with Crippen LogP contribution in [0.1, 0.15) is 40.0 Å². The van der Waals surface area contributed by atoms with Crippen LogP contribution in [-0.2, 0) is 0 Å². The van der Waals surface area contributed by atoms with Gasteiger partial charge in [0.25, 0.3) is 0 Å². The van der Waals surface area contributed by atoms with Crippen LogP contribution in [0.3, 0.4) is 0 Å². The molecule has 0 radical (unpaired) electrons. The first-order valence-corrected chi connectivity index (χ1v) is 6.45. The van der Waals surface area contributed by atoms with Gasteiger partial charge in [0, 0.05) is 13.6 Å². The van der Waals surface area contributed by atoms with Crippen molar-refractivity contribution in [1.82, 2.24) is 0 Å². The summed E-state index contributed by atoms with van der Waals surface area (Å²) in [6.45, 7) is 7.59. The van der Waals surface area contributed by atoms with Gasteiger partial charge in [0.15, 0.2) is 0 Å². The number of nitrogen functional groups attached to an aromatic ring is 1. The van der Waals surface area contributed by atoms with Crippen molar-refractivity contribution in [3.63, 3.8) is 0 Å². The number of hydrogen-bond acceptors (Lipinski definition) is 4. The predicted octanol–water partition coefficient (Wildman–Crippen LogP) is 2.89. The van der Waals surface area contributed by atoms with Gasteiger partial charge in [-0.2, -0.15) is 0 Å². The molecule has 0 aliphatic carbocycles. The Morgan fingerprint density at radius 2 is 1.88 bits per heavy atom. The number of nitrogens with two attached hydrogens (primary N) is 1. The van der Waals surface area contributed by atoms with Gasteiger partial charge in [0.2, 0.25) is 5.43 Å². The van der Waals surface area contributed by atoms with E-state index >= 15 is 0 Å². The van der Waals surface area contributed by atoms with Crippen molar-refractivity contribution in [3.8, 4) is 0 Å². The quantitative estimate of drug-likeness (QED) is 0.648. The van der Waals surface area contributed by atoms with Gasteiger partial charge in [-0.15, -0.1) is 0 Å². The molecule has 0 saturated heterocycles. The fourth-order valence-corrected chi connectivity index (χ4v) is 2.09. The molecule has 0 saturated carbocycles. The van der Waals surface area contributed by atoms with Crippen molar-refractivity contribution in [2.45, 2.75) is 40.0 Å². The molecule has 1 rings (SSSR count). The lowest BCUT2D eigenvalue weighted by molar-refractivity contribution is 0.361. The second-order valence-electron chi connectivity index (χ2n) is 5.86. The summed E-state index contributed by atoms with van der Waals surface area (Å²) in [4.78, 5) is 13.4. The molecule has 96 valence electrons. The highest BCUT2D eigenvalue weighted by molar-refractivity contribution is 7.71. The Morgan fingerprint density at radius 3 is 2.35 bits per heavy atom. The van der Waals surface area contributed by atoms with E-state index < -0.39 is 0 Å². The van der Waals surface area contributed by atoms with Crippen molar-refractivity contribution < 1.29 is 0 Å². The molecule has 4 heteroatoms. The van der Waals surface area contributed by atoms with Gasteiger partial charge >= 0.3 is 0 Å². The second kappa shape index (κ2) is 5.17. The second-order valence-corrected chi connectivity index (χ2v) is 6.27. The number of anilines is 2. The third-order valence-electron chi connectivity index (χ3n) is 2.97. The van der Waals surface area contributed by atoms with Gasteiger partial charge in [-0.3, -0.25) is 4.79 Å². The number of unbranched alkanes of at least 4 members (excludes halogenated alkanes) is 1. The van der Waals surface area contributed by atoms with Crippen molar-refractivity contribution in [1.29, 1.82) is 0 Å². The molecule has 0 aliphatic heterocycles. The molecule has 0 heterocycles. The van der Waals surface area contributed by atoms with Crippen molar-refractivity contribution in [3.05, 3.63) is 14.7 Å². The van der Waals surface area contributed by atoms with Crippen LogP contribution in [0.4, 0.5) is 11.4 Å². The monoisotopic (exact) mass is 254 g/mol. The Hall–Kier alpha value is -0.900. The maximum absolute atomic E-state index is 11.5. The smallest absolute Gasteiger partial charge is 0.224 e. The lowest BCUT2D eigenvalue weighted by Gasteiger charge is -2.23. The normalized spacial score (nSPS) is 12.0. The predicted molar refractivity (Wildman–Crippen MR) is 76.9 cm³/mol. The van der Waals surface area contributed by atoms with E-state index in [1.165, 1.54) is 12.8 Å². The van der Waals surface area contributed by atoms with Gasteiger partial charge in [0.05, 0.1) is 5.69 Å². The maximum Gasteiger partial charge on any atom is 0.224 e. The van der Waals surface area contributed by atoms with Gasteiger partial charge in [-0.1, -0.05) is 39.4 Å². The number of hydrogen-bond donors (Lipinski definition) is 1. The molecular weight excluding hydrogens is 232 g/mol. The Bertz CT molecular complexity index is 452. The summed E-state index contributed by atoms with van der Waals surface area (Å²) >= 11 is 4.85. The van der Waals surface area contributed by atoms with Crippen LogP contribution >= 0.6 is 12.2 Å². The third-order valence-corrected chi connectivity index (χ3v) is 3.38. The molecule has 2 N–H and O–H groups in total. The Labute approximate surface area is 108 Å². The maximum atomic E-state index is 11.5. The molecule has 1 aromatic carbocycles. The van der Waals surface area contributed by atoms with Crippen LogP contribution in [0.15, 0.2) is 4.79 Å². The highest BCUT2D eigenvalue weighted by atomic mass is 32.1. The van der Waals surface area contributed by atoms with Crippen LogP contribution < -0.4 is 16.1 Å². The van der Waals surface area contributed by atoms with E-state index in [0.717, 1.165) is 13.0 Å². The summed E-state index contributed by atoms with van der Waals surface area (Å²) in [7, 11) is 1.90. The minimum Gasteiger partial charge on any atom is -0.396 e. The van der Waals surface area contributed by atoms with E-state index in [9.17, 15) is 4.79 Å². The van der Waals surface area contributed by atoms with Gasteiger partial charge in [-0.05, 0) is 18.3 Å². The van der Waals surface area contributed by atoms with Crippen LogP contribution in [0.25, 0.3) is 0 Å². The summed E-state index contributed by atoms with van der Waals surface area (Å²) < 4.78 is 0.293. The van der Waals surface area contributed by atoms with Gasteiger partial charge < -0.3 is 10.6 Å². The molecule has 3 nitrogen and oxygen atoms in total. The lowest BCUT2D eigenvalue weighted by Crippen LogP contribution is -2.30. The molecule has 0 atom stereocenters. The molecule has 1 aromatic rings. The molecule has 0 spiro atoms. The van der Waals surface area contributed by atoms with E-state index in [0.29, 0.717) is 21.3 Å². The van der Waals surface area contributed by atoms with E-state index in [1.54, 1.807) is 0 Å². The molecule has 17 heavy (non-hydrogen) atoms. The first kappa shape index (κ1) is 14.2. The van der Waals surface area contributed by atoms with Crippen molar-refractivity contribution in [2.24, 2.45) is 5.41 Å². The molecule has 0 aliphatic rings. The molecule has 0 bridgehead atoms. The molecule has 0 amide bonds. The topological polar surface area (TPSA) is 46.3 Å². The average molecular weight is 254 g/mol. The first-order chi connectivity index (χ1) is 7.74. The summed E-state index contributed by atoms with van der Waals surface area (Å²) in [6.07, 6.45) is 3.44. The highest BCUT2D eigenvalue weighted by Gasteiger charge is 2.18. The summed E-state index contributed by atoms with van der Waals surface area (Å²) in [5.41, 5.74) is 7.11. The summed E-state index contributed by atoms with van der Waals surface area (Å²) in [5.74, 6) is 0. The van der Waals surface area contributed by atoms with Crippen molar-refractivity contribution in [2.75, 3.05) is 24.2 Å². The Morgan fingerprint density at radius 1 is 1.29 bits per heavy atom. The fraction of sp³-hybridized carbons (Fsp3) is 0.692. The van der Waals surface area contributed by atoms with Gasteiger partial charge in [-0.25, -0.2) is 0 Å². The van der Waals surface area contributed by atoms with Crippen LogP contribution in [0.2, 0.25) is 0 Å². The first-order valence-electron chi connectivity index (χ1n) is 6.04. The minimum atomic E-state index is -0.0733. The van der Waals surface area contributed by atoms with Gasteiger partial charge in [0.1, 0.15) is 10.2 Å². The average Bonchev–Trinajstić information content (AvgIpc) is 2.23. The Kier molecular flexibility index (Phi) is 4.31. The zero-order chi connectivity index (χ0) is 13.2.